The van der Waals surface area contributed by atoms with Gasteiger partial charge in [-0.2, -0.15) is 0 Å². The van der Waals surface area contributed by atoms with Crippen molar-refractivity contribution < 1.29 is 38.5 Å². The Kier molecular flexibility index (Phi) is 12.6. The number of fused-ring (bicyclic) bond motifs is 2. The average molecular weight is 855 g/mol. The van der Waals surface area contributed by atoms with E-state index < -0.39 is 40.8 Å². The summed E-state index contributed by atoms with van der Waals surface area (Å²) in [4.78, 5) is 64.4. The molecule has 336 valence electrons. The number of ether oxygens (including phenoxy) is 3. The van der Waals surface area contributed by atoms with Crippen LogP contribution in [0.2, 0.25) is 0 Å². The van der Waals surface area contributed by atoms with Crippen LogP contribution in [0.5, 0.6) is 11.5 Å². The highest BCUT2D eigenvalue weighted by Crippen LogP contribution is 2.58. The van der Waals surface area contributed by atoms with Crippen LogP contribution in [-0.2, 0) is 23.9 Å². The number of nitrogens with one attached hydrogen (secondary N) is 1. The van der Waals surface area contributed by atoms with Crippen molar-refractivity contribution in [1.29, 1.82) is 0 Å². The Labute approximate surface area is 365 Å². The molecule has 5 aliphatic rings. The fourth-order valence-corrected chi connectivity index (χ4v) is 10.4. The number of piperidine rings is 1. The SMILES string of the molecule is CC[C@@H]1C[C@]1(CC(=O)[C@@H]1CC(Oc2cc(-n3ccc(NC(C)C)n3)nc3cc(OCCN4CCCCC4)ccc23)CN1C(=O)[C@@H](CC(=O)OC1C[C@@H]2C[C@@H]2C1)C(C)(C)C)C(=O)O. The summed E-state index contributed by atoms with van der Waals surface area (Å²) in [7, 11) is 0. The highest BCUT2D eigenvalue weighted by Gasteiger charge is 2.61. The number of benzene rings is 1. The van der Waals surface area contributed by atoms with E-state index >= 15 is 0 Å². The van der Waals surface area contributed by atoms with Crippen molar-refractivity contribution in [3.05, 3.63) is 36.5 Å². The largest absolute Gasteiger partial charge is 0.492 e. The molecule has 3 aliphatic carbocycles. The van der Waals surface area contributed by atoms with Gasteiger partial charge in [0.2, 0.25) is 5.91 Å². The molecule has 1 amide bonds. The molecular weight excluding hydrogens is 789 g/mol. The second kappa shape index (κ2) is 17.8. The van der Waals surface area contributed by atoms with Crippen LogP contribution in [0, 0.1) is 34.5 Å². The molecule has 0 radical (unpaired) electrons. The van der Waals surface area contributed by atoms with E-state index in [4.69, 9.17) is 24.3 Å². The standard InChI is InChI=1S/C48H66N6O8/c1-7-32-26-48(32,46(58)59)27-40(55)39-23-35(28-53(39)45(57)37(47(4,5)6)24-44(56)62-34-20-30-19-31(30)21-34)61-41-25-43(54-16-13-42(51-54)49-29(2)3)50-38-22-33(11-12-36(38)41)60-18-17-52-14-9-8-10-15-52/h11-13,16,22,25,29-32,34-35,37,39H,7-10,14-15,17-21,23-24,26-28H2,1-6H3,(H,49,51)(H,58,59)/t30-,31+,32-,34?,35?,37-,39+,48-/m1/s1. The summed E-state index contributed by atoms with van der Waals surface area (Å²) >= 11 is 0. The number of carboxylic acid groups (broad SMARTS) is 1. The predicted molar refractivity (Wildman–Crippen MR) is 234 cm³/mol. The Balaban J connectivity index is 1.07. The van der Waals surface area contributed by atoms with Crippen LogP contribution in [0.4, 0.5) is 5.82 Å². The van der Waals surface area contributed by atoms with Crippen molar-refractivity contribution in [2.75, 3.05) is 38.1 Å². The molecule has 2 aromatic heterocycles. The highest BCUT2D eigenvalue weighted by atomic mass is 16.5. The van der Waals surface area contributed by atoms with Gasteiger partial charge in [-0.15, -0.1) is 5.10 Å². The summed E-state index contributed by atoms with van der Waals surface area (Å²) in [6.45, 7) is 15.5. The van der Waals surface area contributed by atoms with Gasteiger partial charge < -0.3 is 29.5 Å². The van der Waals surface area contributed by atoms with Crippen molar-refractivity contribution in [1.82, 2.24) is 24.6 Å². The highest BCUT2D eigenvalue weighted by molar-refractivity contribution is 5.95. The van der Waals surface area contributed by atoms with E-state index in [0.717, 1.165) is 37.9 Å². The number of carboxylic acids is 1. The molecule has 14 nitrogen and oxygen atoms in total. The number of aliphatic carboxylic acids is 1. The summed E-state index contributed by atoms with van der Waals surface area (Å²) in [6, 6.07) is 8.70. The minimum absolute atomic E-state index is 0.0845. The van der Waals surface area contributed by atoms with Crippen LogP contribution < -0.4 is 14.8 Å². The maximum atomic E-state index is 14.9. The Morgan fingerprint density at radius 2 is 1.74 bits per heavy atom. The van der Waals surface area contributed by atoms with Crippen LogP contribution in [0.3, 0.4) is 0 Å². The lowest BCUT2D eigenvalue weighted by atomic mass is 9.77. The molecule has 0 bridgehead atoms. The molecule has 3 aromatic rings. The maximum absolute atomic E-state index is 14.9. The molecule has 2 unspecified atom stereocenters. The van der Waals surface area contributed by atoms with Crippen molar-refractivity contribution in [3.63, 3.8) is 0 Å². The van der Waals surface area contributed by atoms with Gasteiger partial charge in [0.25, 0.3) is 0 Å². The molecule has 1 aromatic carbocycles. The van der Waals surface area contributed by atoms with Gasteiger partial charge in [-0.25, -0.2) is 9.67 Å². The summed E-state index contributed by atoms with van der Waals surface area (Å²) in [5, 5.41) is 19.1. The number of rotatable bonds is 18. The van der Waals surface area contributed by atoms with E-state index in [9.17, 15) is 24.3 Å². The van der Waals surface area contributed by atoms with Crippen LogP contribution in [-0.4, -0.2) is 110 Å². The van der Waals surface area contributed by atoms with Gasteiger partial charge in [0.1, 0.15) is 36.1 Å². The van der Waals surface area contributed by atoms with Gasteiger partial charge in [0.05, 0.1) is 35.9 Å². The molecular formula is C48H66N6O8. The summed E-state index contributed by atoms with van der Waals surface area (Å²) in [6.07, 6.45) is 8.76. The Bertz CT molecular complexity index is 2130. The Morgan fingerprint density at radius 3 is 2.42 bits per heavy atom. The fraction of sp³-hybridized carbons (Fsp3) is 0.667. The van der Waals surface area contributed by atoms with E-state index in [1.165, 1.54) is 25.7 Å². The number of nitrogens with zero attached hydrogens (tertiary/aromatic N) is 5. The molecule has 2 N–H and O–H groups in total. The minimum Gasteiger partial charge on any atom is -0.492 e. The first-order chi connectivity index (χ1) is 29.6. The third kappa shape index (κ3) is 9.75. The quantitative estimate of drug-likeness (QED) is 0.123. The zero-order chi connectivity index (χ0) is 43.9. The van der Waals surface area contributed by atoms with Crippen molar-refractivity contribution in [2.45, 2.75) is 136 Å². The van der Waals surface area contributed by atoms with E-state index in [2.05, 4.69) is 10.2 Å². The third-order valence-corrected chi connectivity index (χ3v) is 14.2. The number of hydrogen-bond donors (Lipinski definition) is 2. The van der Waals surface area contributed by atoms with Gasteiger partial charge in [-0.3, -0.25) is 24.1 Å². The molecule has 8 rings (SSSR count). The number of aromatic nitrogens is 3. The molecule has 62 heavy (non-hydrogen) atoms. The molecule has 14 heteroatoms. The van der Waals surface area contributed by atoms with Gasteiger partial charge in [-0.05, 0) is 101 Å². The number of ketones is 1. The minimum atomic E-state index is -1.13. The number of amides is 1. The maximum Gasteiger partial charge on any atom is 0.310 e. The van der Waals surface area contributed by atoms with Crippen LogP contribution in [0.25, 0.3) is 16.7 Å². The molecule has 4 heterocycles. The topological polar surface area (TPSA) is 165 Å². The van der Waals surface area contributed by atoms with Gasteiger partial charge >= 0.3 is 11.9 Å². The second-order valence-electron chi connectivity index (χ2n) is 20.2. The zero-order valence-corrected chi connectivity index (χ0v) is 37.4. The summed E-state index contributed by atoms with van der Waals surface area (Å²) < 4.78 is 20.7. The molecule has 8 atom stereocenters. The van der Waals surface area contributed by atoms with Crippen LogP contribution in [0.15, 0.2) is 36.5 Å². The molecule has 0 spiro atoms. The molecule has 2 saturated heterocycles. The zero-order valence-electron chi connectivity index (χ0n) is 37.4. The first kappa shape index (κ1) is 43.9. The van der Waals surface area contributed by atoms with Gasteiger partial charge in [0.15, 0.2) is 11.6 Å². The molecule has 5 fully saturated rings. The monoisotopic (exact) mass is 854 g/mol. The van der Waals surface area contributed by atoms with E-state index in [0.29, 0.717) is 59.9 Å². The van der Waals surface area contributed by atoms with Gasteiger partial charge in [-0.1, -0.05) is 40.5 Å². The van der Waals surface area contributed by atoms with Crippen LogP contribution in [0.1, 0.15) is 112 Å². The van der Waals surface area contributed by atoms with Gasteiger partial charge in [0, 0.05) is 55.2 Å². The number of hydrogen-bond acceptors (Lipinski definition) is 11. The number of likely N-dealkylation sites (tertiary alicyclic amines) is 2. The van der Waals surface area contributed by atoms with Crippen molar-refractivity contribution in [2.24, 2.45) is 34.5 Å². The van der Waals surface area contributed by atoms with Crippen molar-refractivity contribution in [3.8, 4) is 17.3 Å². The third-order valence-electron chi connectivity index (χ3n) is 14.2. The number of carbonyl (C=O) groups is 4. The van der Waals surface area contributed by atoms with E-state index in [1.807, 2.05) is 78.1 Å². The molecule has 3 saturated carbocycles. The normalized spacial score (nSPS) is 27.5. The second-order valence-corrected chi connectivity index (χ2v) is 20.2. The number of anilines is 1. The predicted octanol–water partition coefficient (Wildman–Crippen LogP) is 7.31. The van der Waals surface area contributed by atoms with E-state index in [-0.39, 0.29) is 55.6 Å². The summed E-state index contributed by atoms with van der Waals surface area (Å²) in [5.41, 5.74) is -1.14. The van der Waals surface area contributed by atoms with E-state index in [1.54, 1.807) is 9.58 Å². The number of esters is 1. The average Bonchev–Trinajstić information content (AvgIpc) is 3.89. The smallest absolute Gasteiger partial charge is 0.310 e. The lowest BCUT2D eigenvalue weighted by Gasteiger charge is -2.35. The first-order valence-electron chi connectivity index (χ1n) is 23.2. The Hall–Kier alpha value is -4.72. The lowest BCUT2D eigenvalue weighted by Crippen LogP contribution is -2.48. The number of pyridine rings is 1. The lowest BCUT2D eigenvalue weighted by molar-refractivity contribution is -0.157. The number of Topliss-reactive ketones (excluding diaryl/α,β-unsaturated/α-hetero) is 1. The first-order valence-corrected chi connectivity index (χ1v) is 23.2. The molecule has 2 aliphatic heterocycles. The number of carbonyl (C=O) groups excluding carboxylic acids is 3. The van der Waals surface area contributed by atoms with Crippen LogP contribution >= 0.6 is 0 Å². The summed E-state index contributed by atoms with van der Waals surface area (Å²) in [5.74, 6) is 0.830. The van der Waals surface area contributed by atoms with Crippen molar-refractivity contribution >= 4 is 40.3 Å². The Morgan fingerprint density at radius 1 is 0.984 bits per heavy atom. The fourth-order valence-electron chi connectivity index (χ4n) is 10.4.